The van der Waals surface area contributed by atoms with Crippen LogP contribution in [0.1, 0.15) is 20.3 Å². The second-order valence-electron chi connectivity index (χ2n) is 4.15. The van der Waals surface area contributed by atoms with Gasteiger partial charge in [-0.2, -0.15) is 0 Å². The average molecular weight is 232 g/mol. The number of aliphatic hydroxyl groups is 1. The Hall–Kier alpha value is -1.30. The summed E-state index contributed by atoms with van der Waals surface area (Å²) in [7, 11) is 1.67. The Morgan fingerprint density at radius 2 is 1.94 bits per heavy atom. The molecule has 0 spiro atoms. The highest BCUT2D eigenvalue weighted by atomic mass is 16.4. The fourth-order valence-electron chi connectivity index (χ4n) is 1.20. The number of carbonyl (C=O) groups is 2. The van der Waals surface area contributed by atoms with Crippen molar-refractivity contribution in [1.29, 1.82) is 0 Å². The van der Waals surface area contributed by atoms with Crippen LogP contribution < -0.4 is 5.32 Å². The van der Waals surface area contributed by atoms with Crippen LogP contribution >= 0.6 is 0 Å². The van der Waals surface area contributed by atoms with Gasteiger partial charge in [0.05, 0.1) is 0 Å². The van der Waals surface area contributed by atoms with E-state index in [1.807, 2.05) is 13.8 Å². The van der Waals surface area contributed by atoms with Crippen molar-refractivity contribution in [3.05, 3.63) is 0 Å². The summed E-state index contributed by atoms with van der Waals surface area (Å²) < 4.78 is 0. The summed E-state index contributed by atoms with van der Waals surface area (Å²) in [5, 5.41) is 19.9. The molecule has 0 radical (unpaired) electrons. The standard InChI is InChI=1S/C10H20N2O4/c1-7(2)6-12(3)10(16)11-5-4-8(13)9(14)15/h7-8,13H,4-6H2,1-3H3,(H,11,16)(H,14,15). The Morgan fingerprint density at radius 3 is 2.38 bits per heavy atom. The third-order valence-electron chi connectivity index (χ3n) is 1.96. The third kappa shape index (κ3) is 6.23. The lowest BCUT2D eigenvalue weighted by Gasteiger charge is -2.20. The minimum atomic E-state index is -1.42. The first kappa shape index (κ1) is 14.7. The molecule has 0 aromatic rings. The van der Waals surface area contributed by atoms with Crippen molar-refractivity contribution in [2.75, 3.05) is 20.1 Å². The number of urea groups is 1. The van der Waals surface area contributed by atoms with Gasteiger partial charge in [0.1, 0.15) is 0 Å². The molecule has 0 saturated heterocycles. The van der Waals surface area contributed by atoms with Gasteiger partial charge in [0.15, 0.2) is 6.10 Å². The zero-order valence-electron chi connectivity index (χ0n) is 9.93. The summed E-state index contributed by atoms with van der Waals surface area (Å²) in [5.41, 5.74) is 0. The van der Waals surface area contributed by atoms with Gasteiger partial charge in [-0.1, -0.05) is 13.8 Å². The number of hydrogen-bond donors (Lipinski definition) is 3. The SMILES string of the molecule is CC(C)CN(C)C(=O)NCCC(O)C(=O)O. The minimum absolute atomic E-state index is 0.0105. The second kappa shape index (κ2) is 7.05. The normalized spacial score (nSPS) is 12.3. The molecule has 0 aromatic heterocycles. The fourth-order valence-corrected chi connectivity index (χ4v) is 1.20. The molecule has 0 saturated carbocycles. The number of aliphatic carboxylic acids is 1. The molecule has 0 aliphatic rings. The quantitative estimate of drug-likeness (QED) is 0.606. The van der Waals surface area contributed by atoms with E-state index >= 15 is 0 Å². The van der Waals surface area contributed by atoms with Crippen LogP contribution in [0.5, 0.6) is 0 Å². The van der Waals surface area contributed by atoms with E-state index in [1.165, 1.54) is 4.90 Å². The number of carboxylic acid groups (broad SMARTS) is 1. The van der Waals surface area contributed by atoms with Gasteiger partial charge in [0.25, 0.3) is 0 Å². The molecule has 0 rings (SSSR count). The summed E-state index contributed by atoms with van der Waals surface area (Å²) in [5.74, 6) is -0.898. The molecule has 6 heteroatoms. The van der Waals surface area contributed by atoms with Gasteiger partial charge in [-0.15, -0.1) is 0 Å². The summed E-state index contributed by atoms with van der Waals surface area (Å²) >= 11 is 0. The molecular formula is C10H20N2O4. The number of carbonyl (C=O) groups excluding carboxylic acids is 1. The summed E-state index contributed by atoms with van der Waals surface area (Å²) in [4.78, 5) is 23.2. The third-order valence-corrected chi connectivity index (χ3v) is 1.96. The summed E-state index contributed by atoms with van der Waals surface area (Å²) in [6, 6.07) is -0.258. The predicted octanol–water partition coefficient (Wildman–Crippen LogP) is 0.119. The first-order chi connectivity index (χ1) is 7.34. The van der Waals surface area contributed by atoms with E-state index in [2.05, 4.69) is 5.32 Å². The van der Waals surface area contributed by atoms with Crippen molar-refractivity contribution in [2.24, 2.45) is 5.92 Å². The van der Waals surface area contributed by atoms with Gasteiger partial charge in [-0.3, -0.25) is 0 Å². The van der Waals surface area contributed by atoms with E-state index < -0.39 is 12.1 Å². The van der Waals surface area contributed by atoms with Crippen LogP contribution in [0.25, 0.3) is 0 Å². The van der Waals surface area contributed by atoms with E-state index in [0.717, 1.165) is 0 Å². The maximum Gasteiger partial charge on any atom is 0.332 e. The minimum Gasteiger partial charge on any atom is -0.479 e. The first-order valence-corrected chi connectivity index (χ1v) is 5.24. The Balaban J connectivity index is 3.77. The van der Waals surface area contributed by atoms with Crippen LogP contribution in [0.15, 0.2) is 0 Å². The van der Waals surface area contributed by atoms with Crippen molar-refractivity contribution in [1.82, 2.24) is 10.2 Å². The first-order valence-electron chi connectivity index (χ1n) is 5.24. The second-order valence-corrected chi connectivity index (χ2v) is 4.15. The maximum atomic E-state index is 11.4. The van der Waals surface area contributed by atoms with E-state index in [0.29, 0.717) is 12.5 Å². The largest absolute Gasteiger partial charge is 0.479 e. The monoisotopic (exact) mass is 232 g/mol. The van der Waals surface area contributed by atoms with E-state index in [9.17, 15) is 9.59 Å². The van der Waals surface area contributed by atoms with Gasteiger partial charge in [0.2, 0.25) is 0 Å². The molecule has 3 N–H and O–H groups in total. The number of aliphatic hydroxyl groups excluding tert-OH is 1. The maximum absolute atomic E-state index is 11.4. The molecule has 1 unspecified atom stereocenters. The smallest absolute Gasteiger partial charge is 0.332 e. The van der Waals surface area contributed by atoms with Crippen molar-refractivity contribution in [3.63, 3.8) is 0 Å². The molecule has 6 nitrogen and oxygen atoms in total. The van der Waals surface area contributed by atoms with E-state index in [1.54, 1.807) is 7.05 Å². The van der Waals surface area contributed by atoms with Gasteiger partial charge < -0.3 is 20.4 Å². The molecule has 0 fully saturated rings. The zero-order valence-corrected chi connectivity index (χ0v) is 9.93. The van der Waals surface area contributed by atoms with E-state index in [-0.39, 0.29) is 19.0 Å². The molecule has 94 valence electrons. The highest BCUT2D eigenvalue weighted by Gasteiger charge is 2.14. The molecule has 2 amide bonds. The number of carboxylic acids is 1. The van der Waals surface area contributed by atoms with Crippen LogP contribution in [0.2, 0.25) is 0 Å². The average Bonchev–Trinajstić information content (AvgIpc) is 2.15. The highest BCUT2D eigenvalue weighted by Crippen LogP contribution is 1.96. The lowest BCUT2D eigenvalue weighted by molar-refractivity contribution is -0.146. The van der Waals surface area contributed by atoms with Gasteiger partial charge in [-0.25, -0.2) is 9.59 Å². The molecule has 0 aromatic carbocycles. The van der Waals surface area contributed by atoms with Crippen LogP contribution in [-0.2, 0) is 4.79 Å². The molecule has 0 aliphatic carbocycles. The van der Waals surface area contributed by atoms with Crippen molar-refractivity contribution in [2.45, 2.75) is 26.4 Å². The Labute approximate surface area is 95.2 Å². The van der Waals surface area contributed by atoms with Crippen molar-refractivity contribution in [3.8, 4) is 0 Å². The predicted molar refractivity (Wildman–Crippen MR) is 59.1 cm³/mol. The van der Waals surface area contributed by atoms with Crippen molar-refractivity contribution >= 4 is 12.0 Å². The van der Waals surface area contributed by atoms with Crippen LogP contribution in [0.3, 0.4) is 0 Å². The molecular weight excluding hydrogens is 212 g/mol. The van der Waals surface area contributed by atoms with Gasteiger partial charge in [-0.05, 0) is 5.92 Å². The van der Waals surface area contributed by atoms with Crippen LogP contribution in [-0.4, -0.2) is 53.4 Å². The highest BCUT2D eigenvalue weighted by molar-refractivity contribution is 5.74. The van der Waals surface area contributed by atoms with Crippen LogP contribution in [0.4, 0.5) is 4.79 Å². The zero-order chi connectivity index (χ0) is 12.7. The van der Waals surface area contributed by atoms with Crippen molar-refractivity contribution < 1.29 is 19.8 Å². The van der Waals surface area contributed by atoms with Gasteiger partial charge in [0, 0.05) is 26.6 Å². The lowest BCUT2D eigenvalue weighted by Crippen LogP contribution is -2.40. The number of nitrogens with one attached hydrogen (secondary N) is 1. The number of hydrogen-bond acceptors (Lipinski definition) is 3. The molecule has 0 heterocycles. The summed E-state index contributed by atoms with van der Waals surface area (Å²) in [6.45, 7) is 4.78. The molecule has 0 bridgehead atoms. The number of amides is 2. The Kier molecular flexibility index (Phi) is 6.48. The lowest BCUT2D eigenvalue weighted by atomic mass is 10.2. The number of nitrogens with zero attached hydrogens (tertiary/aromatic N) is 1. The summed E-state index contributed by atoms with van der Waals surface area (Å²) in [6.07, 6.45) is -1.41. The van der Waals surface area contributed by atoms with Crippen LogP contribution in [0, 0.1) is 5.92 Å². The topological polar surface area (TPSA) is 89.9 Å². The fraction of sp³-hybridized carbons (Fsp3) is 0.800. The Morgan fingerprint density at radius 1 is 1.38 bits per heavy atom. The Bertz CT molecular complexity index is 243. The van der Waals surface area contributed by atoms with Gasteiger partial charge >= 0.3 is 12.0 Å². The molecule has 1 atom stereocenters. The number of rotatable bonds is 6. The van der Waals surface area contributed by atoms with E-state index in [4.69, 9.17) is 10.2 Å². The molecule has 0 aliphatic heterocycles. The molecule has 16 heavy (non-hydrogen) atoms.